The number of esters is 3. The van der Waals surface area contributed by atoms with Crippen LogP contribution in [-0.4, -0.2) is 98.8 Å². The van der Waals surface area contributed by atoms with Gasteiger partial charge in [-0.2, -0.15) is 0 Å². The molecule has 6 heterocycles. The number of fused-ring (bicyclic) bond motifs is 8. The van der Waals surface area contributed by atoms with Crippen molar-refractivity contribution >= 4 is 79.4 Å². The summed E-state index contributed by atoms with van der Waals surface area (Å²) >= 11 is 0. The molecule has 0 saturated carbocycles. The Morgan fingerprint density at radius 2 is 0.843 bits per heavy atom. The van der Waals surface area contributed by atoms with Gasteiger partial charge in [0.1, 0.15) is 75.7 Å². The van der Waals surface area contributed by atoms with Crippen LogP contribution >= 0.6 is 0 Å². The SMILES string of the molecule is CCOCc1nc2c(N)nc3ccccc3c2n1CC(C)(C)O.CCOCc1nc2c(N)nc3ccccc3c2n1CC(C)(C)OC(=O)CCC(=O)Oc1c(C)c(C)c2c(c1C)CC[C@@](C)(CCC[C@H](C)CCC[C@H](C)CCCC(C)C)O2.Cc1c(C)c2c(c(C)c1OC(=O)CCC(=O)O)CC[C@@](C)(CCC[C@H](C)CCC[C@H](C)CCCC(C)C)O2. The first-order valence-corrected chi connectivity index (χ1v) is 45.6. The zero-order chi connectivity index (χ0) is 88.8. The second-order valence-electron chi connectivity index (χ2n) is 38.2. The van der Waals surface area contributed by atoms with Crippen LogP contribution in [0.3, 0.4) is 0 Å². The van der Waals surface area contributed by atoms with Crippen molar-refractivity contribution in [3.63, 3.8) is 0 Å². The molecule has 0 radical (unpaired) electrons. The Morgan fingerprint density at radius 3 is 1.21 bits per heavy atom. The summed E-state index contributed by atoms with van der Waals surface area (Å²) in [5.41, 5.74) is 22.6. The molecule has 21 nitrogen and oxygen atoms in total. The zero-order valence-electron chi connectivity index (χ0n) is 77.9. The highest BCUT2D eigenvalue weighted by Gasteiger charge is 2.38. The molecule has 0 unspecified atom stereocenters. The fourth-order valence-electron chi connectivity index (χ4n) is 17.5. The van der Waals surface area contributed by atoms with Gasteiger partial charge in [0.15, 0.2) is 11.6 Å². The minimum atomic E-state index is -0.999. The zero-order valence-corrected chi connectivity index (χ0v) is 77.9. The van der Waals surface area contributed by atoms with E-state index in [1.165, 1.54) is 96.3 Å². The number of anilines is 2. The maximum atomic E-state index is 13.3. The number of carbonyl (C=O) groups is 4. The average Bonchev–Trinajstić information content (AvgIpc) is 1.27. The van der Waals surface area contributed by atoms with E-state index in [1.54, 1.807) is 13.8 Å². The van der Waals surface area contributed by atoms with Gasteiger partial charge in [-0.3, -0.25) is 19.2 Å². The molecule has 2 aliphatic heterocycles. The third-order valence-corrected chi connectivity index (χ3v) is 24.9. The van der Waals surface area contributed by atoms with Gasteiger partial charge in [-0.1, -0.05) is 182 Å². The molecule has 8 aromatic rings. The first-order valence-electron chi connectivity index (χ1n) is 45.6. The number of nitrogen functional groups attached to an aromatic ring is 2. The number of rotatable bonds is 43. The van der Waals surface area contributed by atoms with Crippen LogP contribution in [0.15, 0.2) is 48.5 Å². The first kappa shape index (κ1) is 98.0. The Balaban J connectivity index is 0.000000252. The van der Waals surface area contributed by atoms with Crippen molar-refractivity contribution in [2.75, 3.05) is 24.7 Å². The van der Waals surface area contributed by atoms with Gasteiger partial charge in [0.25, 0.3) is 0 Å². The molecule has 6 N–H and O–H groups in total. The second kappa shape index (κ2) is 44.8. The van der Waals surface area contributed by atoms with Crippen LogP contribution in [0.25, 0.3) is 43.9 Å². The largest absolute Gasteiger partial charge is 0.487 e. The van der Waals surface area contributed by atoms with Gasteiger partial charge in [0, 0.05) is 35.1 Å². The number of carbonyl (C=O) groups excluding carboxylic acids is 3. The van der Waals surface area contributed by atoms with Crippen LogP contribution < -0.4 is 30.4 Å². The number of imidazole rings is 2. The number of hydrogen-bond donors (Lipinski definition) is 4. The number of aromatic nitrogens is 6. The number of carboxylic acid groups (broad SMARTS) is 1. The lowest BCUT2D eigenvalue weighted by Gasteiger charge is -2.38. The fraction of sp³-hybridized carbons (Fsp3) is 0.640. The molecule has 0 saturated heterocycles. The van der Waals surface area contributed by atoms with Gasteiger partial charge in [0.2, 0.25) is 0 Å². The van der Waals surface area contributed by atoms with Gasteiger partial charge in [-0.15, -0.1) is 0 Å². The molecule has 0 amide bonds. The number of nitrogens with two attached hydrogens (primary N) is 2. The first-order chi connectivity index (χ1) is 57.1. The number of aliphatic hydroxyl groups is 1. The summed E-state index contributed by atoms with van der Waals surface area (Å²) in [6.07, 6.45) is 26.1. The molecule has 21 heteroatoms. The van der Waals surface area contributed by atoms with Gasteiger partial charge < -0.3 is 64.0 Å². The van der Waals surface area contributed by atoms with E-state index in [0.717, 1.165) is 175 Å². The molecule has 4 aromatic heterocycles. The molecule has 6 atom stereocenters. The lowest BCUT2D eigenvalue weighted by molar-refractivity contribution is -0.159. The van der Waals surface area contributed by atoms with Crippen molar-refractivity contribution < 1.29 is 62.5 Å². The molecular weight excluding hydrogens is 1520 g/mol. The molecule has 0 bridgehead atoms. The van der Waals surface area contributed by atoms with Crippen LogP contribution in [0.4, 0.5) is 11.6 Å². The third-order valence-electron chi connectivity index (χ3n) is 24.9. The highest BCUT2D eigenvalue weighted by molar-refractivity contribution is 6.07. The number of nitrogens with zero attached hydrogens (tertiary/aromatic N) is 6. The molecule has 10 rings (SSSR count). The lowest BCUT2D eigenvalue weighted by Crippen LogP contribution is -2.37. The predicted molar refractivity (Wildman–Crippen MR) is 489 cm³/mol. The Morgan fingerprint density at radius 1 is 0.488 bits per heavy atom. The third kappa shape index (κ3) is 28.1. The van der Waals surface area contributed by atoms with Crippen molar-refractivity contribution in [1.29, 1.82) is 0 Å². The van der Waals surface area contributed by atoms with E-state index >= 15 is 0 Å². The summed E-state index contributed by atoms with van der Waals surface area (Å²) in [6.45, 7) is 49.0. The Kier molecular flexibility index (Phi) is 36.3. The smallest absolute Gasteiger partial charge is 0.311 e. The monoisotopic (exact) mass is 1670 g/mol. The lowest BCUT2D eigenvalue weighted by atomic mass is 9.83. The van der Waals surface area contributed by atoms with E-state index in [4.69, 9.17) is 54.7 Å². The van der Waals surface area contributed by atoms with E-state index in [-0.39, 0.29) is 43.5 Å². The van der Waals surface area contributed by atoms with E-state index in [1.807, 2.05) is 120 Å². The van der Waals surface area contributed by atoms with Gasteiger partial charge in [-0.05, 0) is 229 Å². The van der Waals surface area contributed by atoms with Crippen molar-refractivity contribution in [3.05, 3.63) is 105 Å². The van der Waals surface area contributed by atoms with E-state index in [2.05, 4.69) is 91.1 Å². The van der Waals surface area contributed by atoms with Gasteiger partial charge in [0.05, 0.1) is 66.4 Å². The highest BCUT2D eigenvalue weighted by Crippen LogP contribution is 2.48. The van der Waals surface area contributed by atoms with Gasteiger partial charge in [-0.25, -0.2) is 19.9 Å². The predicted octanol–water partition coefficient (Wildman–Crippen LogP) is 23.2. The summed E-state index contributed by atoms with van der Waals surface area (Å²) in [5.74, 6) is 7.45. The second-order valence-corrected chi connectivity index (χ2v) is 38.2. The summed E-state index contributed by atoms with van der Waals surface area (Å²) in [5, 5.41) is 21.0. The van der Waals surface area contributed by atoms with Crippen LogP contribution in [0, 0.1) is 77.0 Å². The minimum absolute atomic E-state index is 0.106. The number of ether oxygens (including phenoxy) is 7. The van der Waals surface area contributed by atoms with E-state index < -0.39 is 35.1 Å². The van der Waals surface area contributed by atoms with Crippen molar-refractivity contribution in [3.8, 4) is 23.0 Å². The Bertz CT molecular complexity index is 4780. The maximum Gasteiger partial charge on any atom is 0.311 e. The highest BCUT2D eigenvalue weighted by atomic mass is 16.6. The number of hydrogen-bond acceptors (Lipinski definition) is 18. The van der Waals surface area contributed by atoms with E-state index in [9.17, 15) is 24.3 Å². The van der Waals surface area contributed by atoms with Crippen molar-refractivity contribution in [2.45, 2.75) is 368 Å². The number of pyridine rings is 2. The molecule has 668 valence electrons. The standard InChI is InChI=1S/C50H74N4O6.C33H54O5.C17H22N4O2/c1-12-57-30-41-53-44-45(39-23-13-14-24-40(39)52-48(44)51)54(41)31-49(9,10)59-43(56)26-25-42(55)58-46-35(6)36(7)47-38(37(46)8)27-29-50(11,60-47)28-17-22-34(5)21-16-20-33(4)19-15-18-32(2)3;1-22(2)12-9-13-23(3)14-10-15-24(4)16-11-20-33(8)21-19-28-27(7)31(25(5)26(6)32(28)38-33)37-30(36)18-17-29(34)35;1-4-23-9-13-20-14-15(21(13)10-17(2,3)22)11-7-5-6-8-12(11)19-16(14)18/h13-14,23-24,32-34H,12,15-22,25-31H2,1-11H3,(H2,51,52);22-24H,9-21H2,1-8H3,(H,34,35);5-8,22H,4,9-10H2,1-3H3,(H2,18,19)/t33-,34-,50-;23-,24-,33-;/m11./s1. The molecule has 2 aliphatic rings. The molecule has 0 spiro atoms. The quantitative estimate of drug-likeness (QED) is 0.0204. The maximum absolute atomic E-state index is 13.3. The van der Waals surface area contributed by atoms with Crippen LogP contribution in [-0.2, 0) is 72.5 Å². The summed E-state index contributed by atoms with van der Waals surface area (Å²) in [4.78, 5) is 68.0. The van der Waals surface area contributed by atoms with Crippen LogP contribution in [0.5, 0.6) is 23.0 Å². The summed E-state index contributed by atoms with van der Waals surface area (Å²) in [7, 11) is 0. The number of carboxylic acids is 1. The summed E-state index contributed by atoms with van der Waals surface area (Å²) < 4.78 is 46.4. The minimum Gasteiger partial charge on any atom is -0.487 e. The molecule has 0 aliphatic carbocycles. The normalized spacial score (nSPS) is 16.4. The van der Waals surface area contributed by atoms with Gasteiger partial charge >= 0.3 is 23.9 Å². The molecular formula is C100H150N8O13. The molecule has 4 aromatic carbocycles. The molecule has 0 fully saturated rings. The Hall–Kier alpha value is -8.40. The van der Waals surface area contributed by atoms with Crippen molar-refractivity contribution in [2.24, 2.45) is 35.5 Å². The van der Waals surface area contributed by atoms with Crippen molar-refractivity contribution in [1.82, 2.24) is 29.1 Å². The number of aliphatic carboxylic acids is 1. The average molecular weight is 1670 g/mol. The Labute approximate surface area is 723 Å². The molecule has 121 heavy (non-hydrogen) atoms. The summed E-state index contributed by atoms with van der Waals surface area (Å²) in [6, 6.07) is 15.6. The topological polar surface area (TPSA) is 287 Å². The van der Waals surface area contributed by atoms with Crippen LogP contribution in [0.1, 0.15) is 321 Å². The number of para-hydroxylation sites is 2. The van der Waals surface area contributed by atoms with E-state index in [0.29, 0.717) is 72.9 Å². The van der Waals surface area contributed by atoms with Crippen LogP contribution in [0.2, 0.25) is 0 Å². The fourth-order valence-corrected chi connectivity index (χ4v) is 17.5. The number of benzene rings is 4.